The molecule has 1 aliphatic rings. The Morgan fingerprint density at radius 1 is 1.10 bits per heavy atom. The molecule has 0 aliphatic carbocycles. The van der Waals surface area contributed by atoms with Crippen molar-refractivity contribution in [2.75, 3.05) is 6.54 Å². The Labute approximate surface area is 193 Å². The van der Waals surface area contributed by atoms with Crippen LogP contribution in [0.25, 0.3) is 11.3 Å². The van der Waals surface area contributed by atoms with Crippen LogP contribution in [0.2, 0.25) is 0 Å². The fraction of sp³-hybridized carbons (Fsp3) is 0.125. The van der Waals surface area contributed by atoms with Gasteiger partial charge in [0.2, 0.25) is 5.91 Å². The number of carbonyl (C=O) groups excluding carboxylic acids is 1. The lowest BCUT2D eigenvalue weighted by atomic mass is 10.1. The summed E-state index contributed by atoms with van der Waals surface area (Å²) in [7, 11) is 0. The quantitative estimate of drug-likeness (QED) is 0.238. The van der Waals surface area contributed by atoms with E-state index in [1.165, 1.54) is 11.8 Å². The zero-order valence-electron chi connectivity index (χ0n) is 16.6. The maximum absolute atomic E-state index is 12.8. The molecule has 31 heavy (non-hydrogen) atoms. The van der Waals surface area contributed by atoms with E-state index < -0.39 is 0 Å². The number of carbonyl (C=O) groups is 1. The van der Waals surface area contributed by atoms with Crippen LogP contribution in [0.15, 0.2) is 98.5 Å². The van der Waals surface area contributed by atoms with E-state index in [4.69, 9.17) is 4.42 Å². The van der Waals surface area contributed by atoms with Crippen molar-refractivity contribution in [3.05, 3.63) is 95.2 Å². The van der Waals surface area contributed by atoms with Crippen LogP contribution in [0.3, 0.4) is 0 Å². The van der Waals surface area contributed by atoms with Gasteiger partial charge in [-0.15, -0.1) is 11.7 Å². The molecular weight excluding hydrogens is 474 g/mol. The molecule has 1 unspecified atom stereocenters. The van der Waals surface area contributed by atoms with Gasteiger partial charge >= 0.3 is 0 Å². The highest BCUT2D eigenvalue weighted by molar-refractivity contribution is 9.10. The maximum atomic E-state index is 12.8. The molecule has 1 atom stereocenters. The molecule has 0 bridgehead atoms. The van der Waals surface area contributed by atoms with Gasteiger partial charge in [-0.3, -0.25) is 9.69 Å². The van der Waals surface area contributed by atoms with Crippen LogP contribution in [-0.4, -0.2) is 34.0 Å². The zero-order chi connectivity index (χ0) is 21.6. The van der Waals surface area contributed by atoms with Crippen LogP contribution < -0.4 is 0 Å². The van der Waals surface area contributed by atoms with Gasteiger partial charge in [0.1, 0.15) is 11.5 Å². The van der Waals surface area contributed by atoms with Gasteiger partial charge in [0.25, 0.3) is 0 Å². The summed E-state index contributed by atoms with van der Waals surface area (Å²) in [4.78, 5) is 14.5. The minimum absolute atomic E-state index is 0.0261. The highest BCUT2D eigenvalue weighted by Crippen LogP contribution is 2.30. The van der Waals surface area contributed by atoms with E-state index in [0.29, 0.717) is 23.9 Å². The topological polar surface area (TPSA) is 58.2 Å². The molecule has 7 heteroatoms. The third-order valence-electron chi connectivity index (χ3n) is 4.68. The Kier molecular flexibility index (Phi) is 6.84. The number of benzene rings is 2. The van der Waals surface area contributed by atoms with Crippen molar-refractivity contribution in [3.63, 3.8) is 0 Å². The summed E-state index contributed by atoms with van der Waals surface area (Å²) in [6.07, 6.45) is 3.89. The number of nitrogens with zero attached hydrogens (tertiary/aromatic N) is 3. The van der Waals surface area contributed by atoms with E-state index in [9.17, 15) is 4.79 Å². The van der Waals surface area contributed by atoms with E-state index in [1.54, 1.807) is 17.2 Å². The maximum Gasteiger partial charge on any atom is 0.242 e. The summed E-state index contributed by atoms with van der Waals surface area (Å²) in [6.45, 7) is 4.16. The van der Waals surface area contributed by atoms with Crippen molar-refractivity contribution in [1.82, 2.24) is 4.90 Å². The molecule has 1 aromatic heterocycles. The smallest absolute Gasteiger partial charge is 0.242 e. The van der Waals surface area contributed by atoms with Gasteiger partial charge in [-0.05, 0) is 36.2 Å². The number of amides is 1. The Morgan fingerprint density at radius 3 is 2.61 bits per heavy atom. The van der Waals surface area contributed by atoms with Crippen LogP contribution in [0.1, 0.15) is 11.3 Å². The van der Waals surface area contributed by atoms with Crippen molar-refractivity contribution in [2.24, 2.45) is 10.2 Å². The molecule has 0 spiro atoms. The lowest BCUT2D eigenvalue weighted by Gasteiger charge is -2.12. The van der Waals surface area contributed by atoms with Gasteiger partial charge < -0.3 is 4.42 Å². The largest absolute Gasteiger partial charge is 0.455 e. The van der Waals surface area contributed by atoms with Crippen molar-refractivity contribution in [2.45, 2.75) is 11.7 Å². The van der Waals surface area contributed by atoms with Gasteiger partial charge in [-0.2, -0.15) is 5.10 Å². The van der Waals surface area contributed by atoms with Crippen LogP contribution >= 0.6 is 27.7 Å². The van der Waals surface area contributed by atoms with Crippen molar-refractivity contribution >= 4 is 45.0 Å². The summed E-state index contributed by atoms with van der Waals surface area (Å²) in [5, 5.41) is 8.81. The molecule has 1 aliphatic heterocycles. The highest BCUT2D eigenvalue weighted by Gasteiger charge is 2.37. The van der Waals surface area contributed by atoms with Crippen LogP contribution in [0.5, 0.6) is 0 Å². The molecule has 0 N–H and O–H groups in total. The summed E-state index contributed by atoms with van der Waals surface area (Å²) in [6, 6.07) is 21.6. The van der Waals surface area contributed by atoms with Crippen molar-refractivity contribution < 1.29 is 9.21 Å². The SMILES string of the molecule is C=CCN1C(=O)C(Cc2ccccc2)S/C1=N\N=C\c1ccc(-c2ccc(Br)cc2)o1. The van der Waals surface area contributed by atoms with E-state index in [0.717, 1.165) is 21.4 Å². The number of hydrogen-bond donors (Lipinski definition) is 0. The summed E-state index contributed by atoms with van der Waals surface area (Å²) in [5.74, 6) is 1.37. The van der Waals surface area contributed by atoms with Gasteiger partial charge in [0.15, 0.2) is 5.17 Å². The molecule has 1 amide bonds. The first kappa shape index (κ1) is 21.3. The Hall–Kier alpha value is -2.90. The minimum Gasteiger partial charge on any atom is -0.455 e. The molecular formula is C24H20BrN3O2S. The third kappa shape index (κ3) is 5.24. The predicted octanol–water partition coefficient (Wildman–Crippen LogP) is 5.77. The van der Waals surface area contributed by atoms with Gasteiger partial charge in [-0.25, -0.2) is 0 Å². The normalized spacial score (nSPS) is 17.7. The molecule has 0 radical (unpaired) electrons. The van der Waals surface area contributed by atoms with E-state index in [1.807, 2.05) is 66.7 Å². The number of halogens is 1. The molecule has 5 nitrogen and oxygen atoms in total. The van der Waals surface area contributed by atoms with Crippen LogP contribution in [-0.2, 0) is 11.2 Å². The minimum atomic E-state index is -0.219. The molecule has 0 saturated carbocycles. The summed E-state index contributed by atoms with van der Waals surface area (Å²) < 4.78 is 6.85. The van der Waals surface area contributed by atoms with E-state index in [2.05, 4.69) is 32.7 Å². The monoisotopic (exact) mass is 493 g/mol. The summed E-state index contributed by atoms with van der Waals surface area (Å²) >= 11 is 4.86. The number of rotatable bonds is 7. The van der Waals surface area contributed by atoms with Gasteiger partial charge in [0.05, 0.1) is 11.5 Å². The first-order valence-corrected chi connectivity index (χ1v) is 11.4. The van der Waals surface area contributed by atoms with Crippen molar-refractivity contribution in [1.29, 1.82) is 0 Å². The fourth-order valence-corrected chi connectivity index (χ4v) is 4.58. The fourth-order valence-electron chi connectivity index (χ4n) is 3.17. The lowest BCUT2D eigenvalue weighted by Crippen LogP contribution is -2.32. The average molecular weight is 494 g/mol. The Balaban J connectivity index is 1.47. The lowest BCUT2D eigenvalue weighted by molar-refractivity contribution is -0.125. The second-order valence-electron chi connectivity index (χ2n) is 6.87. The second kappa shape index (κ2) is 9.94. The molecule has 3 aromatic rings. The number of furan rings is 1. The predicted molar refractivity (Wildman–Crippen MR) is 130 cm³/mol. The standard InChI is InChI=1S/C24H20BrN3O2S/c1-2-14-28-23(29)22(15-17-6-4-3-5-7-17)31-24(28)27-26-16-20-12-13-21(30-20)18-8-10-19(25)11-9-18/h2-13,16,22H,1,14-15H2/b26-16+,27-24-. The average Bonchev–Trinajstić information content (AvgIpc) is 3.36. The van der Waals surface area contributed by atoms with Gasteiger partial charge in [-0.1, -0.05) is 76.2 Å². The van der Waals surface area contributed by atoms with Gasteiger partial charge in [0, 0.05) is 16.6 Å². The molecule has 1 fully saturated rings. The molecule has 2 heterocycles. The number of amidine groups is 1. The first-order valence-electron chi connectivity index (χ1n) is 9.73. The van der Waals surface area contributed by atoms with Crippen molar-refractivity contribution in [3.8, 4) is 11.3 Å². The third-order valence-corrected chi connectivity index (χ3v) is 6.37. The Morgan fingerprint density at radius 2 is 1.87 bits per heavy atom. The van der Waals surface area contributed by atoms with Crippen LogP contribution in [0, 0.1) is 0 Å². The summed E-state index contributed by atoms with van der Waals surface area (Å²) in [5.41, 5.74) is 2.10. The molecule has 156 valence electrons. The zero-order valence-corrected chi connectivity index (χ0v) is 19.1. The molecule has 2 aromatic carbocycles. The highest BCUT2D eigenvalue weighted by atomic mass is 79.9. The molecule has 1 saturated heterocycles. The number of hydrogen-bond acceptors (Lipinski definition) is 5. The Bertz CT molecular complexity index is 1120. The van der Waals surface area contributed by atoms with E-state index >= 15 is 0 Å². The number of thioether (sulfide) groups is 1. The first-order chi connectivity index (χ1) is 15.1. The second-order valence-corrected chi connectivity index (χ2v) is 8.96. The van der Waals surface area contributed by atoms with Crippen LogP contribution in [0.4, 0.5) is 0 Å². The van der Waals surface area contributed by atoms with E-state index in [-0.39, 0.29) is 11.2 Å². The molecule has 4 rings (SSSR count).